The number of fused-ring (bicyclic) bond motifs is 1. The van der Waals surface area contributed by atoms with Gasteiger partial charge >= 0.3 is 6.03 Å². The molecule has 0 spiro atoms. The number of amides is 4. The molecule has 3 heterocycles. The van der Waals surface area contributed by atoms with E-state index in [9.17, 15) is 18.8 Å². The second kappa shape index (κ2) is 9.19. The smallest absolute Gasteiger partial charge is 0.328 e. The maximum atomic E-state index is 13.0. The van der Waals surface area contributed by atoms with Crippen LogP contribution >= 0.6 is 0 Å². The number of carbonyl (C=O) groups is 3. The van der Waals surface area contributed by atoms with Gasteiger partial charge in [-0.3, -0.25) is 19.4 Å². The summed E-state index contributed by atoms with van der Waals surface area (Å²) in [6.45, 7) is 5.07. The Labute approximate surface area is 180 Å². The summed E-state index contributed by atoms with van der Waals surface area (Å²) in [4.78, 5) is 46.8. The van der Waals surface area contributed by atoms with Crippen molar-refractivity contribution in [1.82, 2.24) is 24.5 Å². The second-order valence-electron chi connectivity index (χ2n) is 8.20. The number of urea groups is 1. The molecule has 4 rings (SSSR count). The summed E-state index contributed by atoms with van der Waals surface area (Å²) in [7, 11) is 2.00. The number of halogens is 1. The van der Waals surface area contributed by atoms with E-state index in [2.05, 4.69) is 9.80 Å². The summed E-state index contributed by atoms with van der Waals surface area (Å²) in [5.41, 5.74) is 0. The van der Waals surface area contributed by atoms with E-state index in [1.54, 1.807) is 21.9 Å². The lowest BCUT2D eigenvalue weighted by molar-refractivity contribution is -0.138. The maximum absolute atomic E-state index is 13.0. The lowest BCUT2D eigenvalue weighted by Crippen LogP contribution is -2.53. The zero-order chi connectivity index (χ0) is 22.0. The Bertz CT molecular complexity index is 828. The van der Waals surface area contributed by atoms with Crippen molar-refractivity contribution in [3.05, 3.63) is 30.1 Å². The molecule has 0 N–H and O–H groups in total. The first kappa shape index (κ1) is 21.5. The molecule has 10 heteroatoms. The van der Waals surface area contributed by atoms with Gasteiger partial charge in [0.05, 0.1) is 0 Å². The minimum atomic E-state index is -0.563. The molecule has 3 aliphatic heterocycles. The summed E-state index contributed by atoms with van der Waals surface area (Å²) in [5, 5.41) is 0. The normalized spacial score (nSPS) is 22.8. The molecule has 1 unspecified atom stereocenters. The van der Waals surface area contributed by atoms with Crippen LogP contribution in [0.2, 0.25) is 0 Å². The molecule has 1 atom stereocenters. The molecule has 1 aromatic carbocycles. The van der Waals surface area contributed by atoms with Crippen LogP contribution < -0.4 is 4.74 Å². The van der Waals surface area contributed by atoms with E-state index >= 15 is 0 Å². The van der Waals surface area contributed by atoms with Crippen molar-refractivity contribution in [2.75, 3.05) is 72.6 Å². The monoisotopic (exact) mass is 433 g/mol. The number of likely N-dealkylation sites (N-methyl/N-ethyl adjacent to an activating group) is 1. The van der Waals surface area contributed by atoms with Gasteiger partial charge in [0.2, 0.25) is 5.91 Å². The highest BCUT2D eigenvalue weighted by atomic mass is 19.1. The van der Waals surface area contributed by atoms with Crippen molar-refractivity contribution in [2.24, 2.45) is 0 Å². The zero-order valence-electron chi connectivity index (χ0n) is 17.7. The summed E-state index contributed by atoms with van der Waals surface area (Å²) in [5.74, 6) is -0.222. The molecule has 4 amide bonds. The zero-order valence-corrected chi connectivity index (χ0v) is 17.7. The lowest BCUT2D eigenvalue weighted by atomic mass is 10.2. The molecule has 3 fully saturated rings. The molecule has 0 aliphatic carbocycles. The first-order valence-electron chi connectivity index (χ1n) is 10.6. The van der Waals surface area contributed by atoms with Crippen LogP contribution in [0.3, 0.4) is 0 Å². The number of piperazine rings is 2. The third kappa shape index (κ3) is 4.80. The molecule has 1 aromatic rings. The molecule has 168 valence electrons. The van der Waals surface area contributed by atoms with Crippen LogP contribution in [-0.4, -0.2) is 121 Å². The SMILES string of the molecule is CN1CCN(C(=O)CN2C(=O)C3CN(CCOc4ccc(F)cc4)CCN3C2=O)CC1. The summed E-state index contributed by atoms with van der Waals surface area (Å²) < 4.78 is 18.6. The molecule has 3 saturated heterocycles. The van der Waals surface area contributed by atoms with Crippen LogP contribution in [-0.2, 0) is 9.59 Å². The Morgan fingerprint density at radius 3 is 2.48 bits per heavy atom. The fourth-order valence-corrected chi connectivity index (χ4v) is 4.17. The van der Waals surface area contributed by atoms with E-state index in [-0.39, 0.29) is 30.2 Å². The Hall–Kier alpha value is -2.72. The summed E-state index contributed by atoms with van der Waals surface area (Å²) in [6, 6.07) is 4.89. The molecule has 9 nitrogen and oxygen atoms in total. The predicted molar refractivity (Wildman–Crippen MR) is 110 cm³/mol. The minimum Gasteiger partial charge on any atom is -0.492 e. The molecule has 31 heavy (non-hydrogen) atoms. The van der Waals surface area contributed by atoms with Crippen molar-refractivity contribution < 1.29 is 23.5 Å². The third-order valence-corrected chi connectivity index (χ3v) is 6.13. The van der Waals surface area contributed by atoms with Crippen molar-refractivity contribution >= 4 is 17.8 Å². The molecule has 3 aliphatic rings. The number of hydrogen-bond acceptors (Lipinski definition) is 6. The summed E-state index contributed by atoms with van der Waals surface area (Å²) >= 11 is 0. The quantitative estimate of drug-likeness (QED) is 0.585. The first-order chi connectivity index (χ1) is 14.9. The molecule has 0 bridgehead atoms. The van der Waals surface area contributed by atoms with Gasteiger partial charge in [-0.1, -0.05) is 0 Å². The van der Waals surface area contributed by atoms with Gasteiger partial charge in [-0.25, -0.2) is 9.18 Å². The van der Waals surface area contributed by atoms with Crippen molar-refractivity contribution in [1.29, 1.82) is 0 Å². The number of benzene rings is 1. The van der Waals surface area contributed by atoms with E-state index in [1.807, 2.05) is 7.05 Å². The van der Waals surface area contributed by atoms with Gasteiger partial charge in [0.25, 0.3) is 5.91 Å². The number of nitrogens with zero attached hydrogens (tertiary/aromatic N) is 5. The van der Waals surface area contributed by atoms with Gasteiger partial charge < -0.3 is 19.4 Å². The van der Waals surface area contributed by atoms with Gasteiger partial charge in [0.15, 0.2) is 0 Å². The van der Waals surface area contributed by atoms with Crippen molar-refractivity contribution in [3.8, 4) is 5.75 Å². The number of imide groups is 1. The molecular formula is C21H28FN5O4. The highest BCUT2D eigenvalue weighted by Gasteiger charge is 2.48. The van der Waals surface area contributed by atoms with Crippen molar-refractivity contribution in [3.63, 3.8) is 0 Å². The fourth-order valence-electron chi connectivity index (χ4n) is 4.17. The Morgan fingerprint density at radius 2 is 1.77 bits per heavy atom. The predicted octanol–water partition coefficient (Wildman–Crippen LogP) is -0.0731. The van der Waals surface area contributed by atoms with Crippen LogP contribution in [0.5, 0.6) is 5.75 Å². The van der Waals surface area contributed by atoms with Crippen molar-refractivity contribution in [2.45, 2.75) is 6.04 Å². The number of ether oxygens (including phenoxy) is 1. The average molecular weight is 433 g/mol. The topological polar surface area (TPSA) is 76.6 Å². The molecule has 0 saturated carbocycles. The van der Waals surface area contributed by atoms with E-state index in [1.165, 1.54) is 12.1 Å². The van der Waals surface area contributed by atoms with E-state index < -0.39 is 6.04 Å². The van der Waals surface area contributed by atoms with E-state index in [4.69, 9.17) is 4.74 Å². The molecular weight excluding hydrogens is 405 g/mol. The fraction of sp³-hybridized carbons (Fsp3) is 0.571. The molecule has 0 aromatic heterocycles. The maximum Gasteiger partial charge on any atom is 0.328 e. The van der Waals surface area contributed by atoms with E-state index in [0.717, 1.165) is 18.0 Å². The Balaban J connectivity index is 1.28. The van der Waals surface area contributed by atoms with Crippen LogP contribution in [0.15, 0.2) is 24.3 Å². The lowest BCUT2D eigenvalue weighted by Gasteiger charge is -2.35. The van der Waals surface area contributed by atoms with Gasteiger partial charge in [-0.2, -0.15) is 0 Å². The highest BCUT2D eigenvalue weighted by Crippen LogP contribution is 2.22. The first-order valence-corrected chi connectivity index (χ1v) is 10.6. The number of rotatable bonds is 6. The van der Waals surface area contributed by atoms with Gasteiger partial charge in [-0.15, -0.1) is 0 Å². The Kier molecular flexibility index (Phi) is 6.38. The van der Waals surface area contributed by atoms with Crippen LogP contribution in [0.1, 0.15) is 0 Å². The number of carbonyl (C=O) groups excluding carboxylic acids is 3. The minimum absolute atomic E-state index is 0.181. The van der Waals surface area contributed by atoms with Gasteiger partial charge in [0.1, 0.15) is 30.8 Å². The van der Waals surface area contributed by atoms with Gasteiger partial charge in [0, 0.05) is 52.4 Å². The van der Waals surface area contributed by atoms with Crippen LogP contribution in [0, 0.1) is 5.82 Å². The summed E-state index contributed by atoms with van der Waals surface area (Å²) in [6.07, 6.45) is 0. The third-order valence-electron chi connectivity index (χ3n) is 6.13. The van der Waals surface area contributed by atoms with Gasteiger partial charge in [-0.05, 0) is 31.3 Å². The second-order valence-corrected chi connectivity index (χ2v) is 8.20. The number of hydrogen-bond donors (Lipinski definition) is 0. The molecule has 0 radical (unpaired) electrons. The Morgan fingerprint density at radius 1 is 1.06 bits per heavy atom. The van der Waals surface area contributed by atoms with Crippen LogP contribution in [0.25, 0.3) is 0 Å². The largest absolute Gasteiger partial charge is 0.492 e. The standard InChI is InChI=1S/C21H28FN5O4/c1-23-6-9-25(10-7-23)19(28)15-27-20(29)18-14-24(8-11-26(18)21(27)30)12-13-31-17-4-2-16(22)3-5-17/h2-5,18H,6-15H2,1H3. The average Bonchev–Trinajstić information content (AvgIpc) is 3.00. The van der Waals surface area contributed by atoms with E-state index in [0.29, 0.717) is 51.6 Å². The highest BCUT2D eigenvalue weighted by molar-refractivity contribution is 6.06. The van der Waals surface area contributed by atoms with Crippen LogP contribution in [0.4, 0.5) is 9.18 Å².